The summed E-state index contributed by atoms with van der Waals surface area (Å²) in [5.74, 6) is 0.456. The Balaban J connectivity index is 1.94. The normalized spacial score (nSPS) is 15.2. The van der Waals surface area contributed by atoms with Gasteiger partial charge in [0.1, 0.15) is 5.75 Å². The molecule has 7 nitrogen and oxygen atoms in total. The second-order valence-corrected chi connectivity index (χ2v) is 6.41. The Hall–Kier alpha value is -2.71. The van der Waals surface area contributed by atoms with Gasteiger partial charge in [0, 0.05) is 39.5 Å². The van der Waals surface area contributed by atoms with Gasteiger partial charge < -0.3 is 15.0 Å². The molecule has 0 saturated carbocycles. The van der Waals surface area contributed by atoms with E-state index in [9.17, 15) is 18.4 Å². The standard InChI is InChI=1S/C19H26F2N4O3/c1-3-22-19(23-11-12-25-16(26)5-4-6-17(25)27)24(2)13-14-7-9-15(10-8-14)28-18(20)21/h7-10,18H,3-6,11-13H2,1-2H3,(H,22,23). The molecule has 1 aliphatic heterocycles. The number of aliphatic imine (C=N–C) groups is 1. The minimum absolute atomic E-state index is 0.109. The Labute approximate surface area is 163 Å². The highest BCUT2D eigenvalue weighted by molar-refractivity contribution is 5.97. The fraction of sp³-hybridized carbons (Fsp3) is 0.526. The van der Waals surface area contributed by atoms with Crippen LogP contribution in [-0.2, 0) is 16.1 Å². The van der Waals surface area contributed by atoms with E-state index in [1.807, 2.05) is 18.9 Å². The first-order valence-electron chi connectivity index (χ1n) is 9.27. The molecule has 0 radical (unpaired) electrons. The quantitative estimate of drug-likeness (QED) is 0.414. The van der Waals surface area contributed by atoms with Gasteiger partial charge in [-0.25, -0.2) is 0 Å². The molecule has 1 aromatic carbocycles. The number of nitrogens with zero attached hydrogens (tertiary/aromatic N) is 3. The molecule has 1 fully saturated rings. The summed E-state index contributed by atoms with van der Waals surface area (Å²) in [6.45, 7) is 0.830. The van der Waals surface area contributed by atoms with Gasteiger partial charge in [0.2, 0.25) is 11.8 Å². The highest BCUT2D eigenvalue weighted by Crippen LogP contribution is 2.16. The molecule has 28 heavy (non-hydrogen) atoms. The monoisotopic (exact) mass is 396 g/mol. The number of hydrogen-bond acceptors (Lipinski definition) is 4. The summed E-state index contributed by atoms with van der Waals surface area (Å²) in [6, 6.07) is 6.41. The van der Waals surface area contributed by atoms with Gasteiger partial charge in [0.05, 0.1) is 6.54 Å². The van der Waals surface area contributed by atoms with E-state index in [1.54, 1.807) is 12.1 Å². The van der Waals surface area contributed by atoms with Crippen LogP contribution in [0.2, 0.25) is 0 Å². The molecule has 1 heterocycles. The maximum atomic E-state index is 12.2. The van der Waals surface area contributed by atoms with Crippen molar-refractivity contribution in [2.45, 2.75) is 39.3 Å². The molecule has 0 spiro atoms. The molecular formula is C19H26F2N4O3. The molecule has 2 rings (SSSR count). The molecule has 1 N–H and O–H groups in total. The summed E-state index contributed by atoms with van der Waals surface area (Å²) < 4.78 is 28.8. The van der Waals surface area contributed by atoms with Crippen LogP contribution in [-0.4, -0.2) is 60.9 Å². The number of rotatable bonds is 8. The Morgan fingerprint density at radius 1 is 1.25 bits per heavy atom. The second kappa shape index (κ2) is 10.6. The number of carbonyl (C=O) groups excluding carboxylic acids is 2. The van der Waals surface area contributed by atoms with E-state index in [-0.39, 0.29) is 24.1 Å². The molecular weight excluding hydrogens is 370 g/mol. The number of carbonyl (C=O) groups is 2. The van der Waals surface area contributed by atoms with E-state index in [1.165, 1.54) is 17.0 Å². The summed E-state index contributed by atoms with van der Waals surface area (Å²) in [5, 5.41) is 3.16. The third-order valence-corrected chi connectivity index (χ3v) is 4.23. The van der Waals surface area contributed by atoms with Crippen LogP contribution in [0.5, 0.6) is 5.75 Å². The van der Waals surface area contributed by atoms with Crippen LogP contribution in [0.15, 0.2) is 29.3 Å². The molecule has 154 valence electrons. The lowest BCUT2D eigenvalue weighted by Gasteiger charge is -2.25. The van der Waals surface area contributed by atoms with Crippen LogP contribution >= 0.6 is 0 Å². The Kier molecular flexibility index (Phi) is 8.16. The molecule has 9 heteroatoms. The maximum absolute atomic E-state index is 12.2. The summed E-state index contributed by atoms with van der Waals surface area (Å²) in [6.07, 6.45) is 1.42. The van der Waals surface area contributed by atoms with Gasteiger partial charge in [0.25, 0.3) is 0 Å². The van der Waals surface area contributed by atoms with Crippen molar-refractivity contribution < 1.29 is 23.1 Å². The number of piperidine rings is 1. The minimum Gasteiger partial charge on any atom is -0.435 e. The van der Waals surface area contributed by atoms with Gasteiger partial charge in [-0.2, -0.15) is 8.78 Å². The van der Waals surface area contributed by atoms with E-state index >= 15 is 0 Å². The molecule has 1 saturated heterocycles. The van der Waals surface area contributed by atoms with Crippen molar-refractivity contribution in [3.8, 4) is 5.75 Å². The number of hydrogen-bond donors (Lipinski definition) is 1. The van der Waals surface area contributed by atoms with E-state index < -0.39 is 6.61 Å². The number of benzene rings is 1. The molecule has 0 aromatic heterocycles. The highest BCUT2D eigenvalue weighted by atomic mass is 19.3. The van der Waals surface area contributed by atoms with Crippen LogP contribution in [0.25, 0.3) is 0 Å². The largest absolute Gasteiger partial charge is 0.435 e. The fourth-order valence-corrected chi connectivity index (χ4v) is 2.90. The van der Waals surface area contributed by atoms with Crippen LogP contribution in [0.4, 0.5) is 8.78 Å². The maximum Gasteiger partial charge on any atom is 0.387 e. The summed E-state index contributed by atoms with van der Waals surface area (Å²) >= 11 is 0. The van der Waals surface area contributed by atoms with E-state index in [4.69, 9.17) is 0 Å². The molecule has 0 bridgehead atoms. The molecule has 0 aliphatic carbocycles. The number of imide groups is 1. The highest BCUT2D eigenvalue weighted by Gasteiger charge is 2.25. The molecule has 1 aromatic rings. The third-order valence-electron chi connectivity index (χ3n) is 4.23. The van der Waals surface area contributed by atoms with Crippen molar-refractivity contribution in [1.29, 1.82) is 0 Å². The summed E-state index contributed by atoms with van der Waals surface area (Å²) in [7, 11) is 1.85. The van der Waals surface area contributed by atoms with Crippen molar-refractivity contribution in [2.75, 3.05) is 26.7 Å². The fourth-order valence-electron chi connectivity index (χ4n) is 2.90. The minimum atomic E-state index is -2.85. The second-order valence-electron chi connectivity index (χ2n) is 6.41. The van der Waals surface area contributed by atoms with Crippen LogP contribution in [0.3, 0.4) is 0 Å². The number of alkyl halides is 2. The predicted octanol–water partition coefficient (Wildman–Crippen LogP) is 2.22. The van der Waals surface area contributed by atoms with Crippen molar-refractivity contribution >= 4 is 17.8 Å². The smallest absolute Gasteiger partial charge is 0.387 e. The number of guanidine groups is 1. The number of amides is 2. The first-order chi connectivity index (χ1) is 13.4. The zero-order chi connectivity index (χ0) is 20.5. The van der Waals surface area contributed by atoms with E-state index in [0.29, 0.717) is 44.9 Å². The average molecular weight is 396 g/mol. The Bertz CT molecular complexity index is 679. The van der Waals surface area contributed by atoms with Gasteiger partial charge in [-0.05, 0) is 31.0 Å². The van der Waals surface area contributed by atoms with E-state index in [0.717, 1.165) is 5.56 Å². The van der Waals surface area contributed by atoms with Gasteiger partial charge in [-0.15, -0.1) is 0 Å². The van der Waals surface area contributed by atoms with Gasteiger partial charge in [-0.1, -0.05) is 12.1 Å². The lowest BCUT2D eigenvalue weighted by Crippen LogP contribution is -2.42. The van der Waals surface area contributed by atoms with Gasteiger partial charge in [0.15, 0.2) is 5.96 Å². The van der Waals surface area contributed by atoms with Gasteiger partial charge in [-0.3, -0.25) is 19.5 Å². The van der Waals surface area contributed by atoms with Crippen molar-refractivity contribution in [3.63, 3.8) is 0 Å². The zero-order valence-corrected chi connectivity index (χ0v) is 16.2. The molecule has 1 aliphatic rings. The number of halogens is 2. The first kappa shape index (κ1) is 21.6. The topological polar surface area (TPSA) is 74.2 Å². The Morgan fingerprint density at radius 3 is 2.46 bits per heavy atom. The number of nitrogens with one attached hydrogen (secondary N) is 1. The third kappa shape index (κ3) is 6.47. The molecule has 0 atom stereocenters. The van der Waals surface area contributed by atoms with E-state index in [2.05, 4.69) is 15.0 Å². The summed E-state index contributed by atoms with van der Waals surface area (Å²) in [4.78, 5) is 31.3. The number of ether oxygens (including phenoxy) is 1. The first-order valence-corrected chi connectivity index (χ1v) is 9.27. The zero-order valence-electron chi connectivity index (χ0n) is 16.2. The van der Waals surface area contributed by atoms with Gasteiger partial charge >= 0.3 is 6.61 Å². The predicted molar refractivity (Wildman–Crippen MR) is 101 cm³/mol. The van der Waals surface area contributed by atoms with Crippen molar-refractivity contribution in [2.24, 2.45) is 4.99 Å². The van der Waals surface area contributed by atoms with Crippen molar-refractivity contribution in [1.82, 2.24) is 15.1 Å². The number of likely N-dealkylation sites (tertiary alicyclic amines) is 1. The SMILES string of the molecule is CCNC(=NCCN1C(=O)CCCC1=O)N(C)Cc1ccc(OC(F)F)cc1. The Morgan fingerprint density at radius 2 is 1.89 bits per heavy atom. The average Bonchev–Trinajstić information content (AvgIpc) is 2.64. The lowest BCUT2D eigenvalue weighted by molar-refractivity contribution is -0.147. The summed E-state index contributed by atoms with van der Waals surface area (Å²) in [5.41, 5.74) is 0.899. The molecule has 2 amide bonds. The lowest BCUT2D eigenvalue weighted by atomic mass is 10.1. The molecule has 0 unspecified atom stereocenters. The van der Waals surface area contributed by atoms with Crippen molar-refractivity contribution in [3.05, 3.63) is 29.8 Å². The van der Waals surface area contributed by atoms with Crippen LogP contribution < -0.4 is 10.1 Å². The van der Waals surface area contributed by atoms with Crippen LogP contribution in [0, 0.1) is 0 Å². The van der Waals surface area contributed by atoms with Crippen LogP contribution in [0.1, 0.15) is 31.7 Å².